The van der Waals surface area contributed by atoms with Gasteiger partial charge in [0.05, 0.1) is 18.6 Å². The summed E-state index contributed by atoms with van der Waals surface area (Å²) in [6.45, 7) is 6.59. The average Bonchev–Trinajstić information content (AvgIpc) is 2.30. The number of carboxylic acids is 1. The van der Waals surface area contributed by atoms with Crippen LogP contribution in [0.2, 0.25) is 0 Å². The molecule has 1 saturated heterocycles. The van der Waals surface area contributed by atoms with Crippen molar-refractivity contribution >= 4 is 5.97 Å². The summed E-state index contributed by atoms with van der Waals surface area (Å²) < 4.78 is 5.41. The smallest absolute Gasteiger partial charge is 0.308 e. The van der Waals surface area contributed by atoms with E-state index in [1.54, 1.807) is 0 Å². The van der Waals surface area contributed by atoms with Gasteiger partial charge in [0.2, 0.25) is 0 Å². The number of rotatable bonds is 1. The molecule has 2 atom stereocenters. The molecule has 1 N–H and O–H groups in total. The number of hydrogen-bond acceptors (Lipinski definition) is 2. The van der Waals surface area contributed by atoms with Gasteiger partial charge in [0.1, 0.15) is 0 Å². The highest BCUT2D eigenvalue weighted by Gasteiger charge is 2.37. The molecule has 1 aliphatic rings. The summed E-state index contributed by atoms with van der Waals surface area (Å²) in [5, 5.41) is 8.72. The minimum absolute atomic E-state index is 0.0597. The van der Waals surface area contributed by atoms with Crippen LogP contribution in [-0.4, -0.2) is 23.8 Å². The molecule has 0 spiro atoms. The number of carboxylic acid groups (broad SMARTS) is 1. The van der Waals surface area contributed by atoms with E-state index in [0.717, 1.165) is 0 Å². The molecule has 3 nitrogen and oxygen atoms in total. The van der Waals surface area contributed by atoms with Crippen LogP contribution >= 0.6 is 0 Å². The summed E-state index contributed by atoms with van der Waals surface area (Å²) in [6, 6.07) is 0. The van der Waals surface area contributed by atoms with Crippen LogP contribution in [0.3, 0.4) is 0 Å². The van der Waals surface area contributed by atoms with E-state index in [2.05, 4.69) is 20.8 Å². The highest BCUT2D eigenvalue weighted by Crippen LogP contribution is 2.32. The van der Waals surface area contributed by atoms with Crippen LogP contribution in [0.15, 0.2) is 0 Å². The second-order valence-electron chi connectivity index (χ2n) is 4.46. The molecular weight excluding hydrogens is 156 g/mol. The molecule has 0 saturated carbocycles. The minimum atomic E-state index is -0.734. The van der Waals surface area contributed by atoms with Gasteiger partial charge in [0.15, 0.2) is 0 Å². The van der Waals surface area contributed by atoms with Gasteiger partial charge in [-0.2, -0.15) is 0 Å². The number of carbonyl (C=O) groups is 1. The third kappa shape index (κ3) is 1.97. The molecule has 0 aromatic carbocycles. The molecule has 0 aliphatic carbocycles. The predicted molar refractivity (Wildman–Crippen MR) is 44.9 cm³/mol. The second-order valence-corrected chi connectivity index (χ2v) is 4.46. The molecular formula is C9H16O3. The van der Waals surface area contributed by atoms with E-state index in [9.17, 15) is 4.79 Å². The Bertz CT molecular complexity index is 181. The van der Waals surface area contributed by atoms with Crippen LogP contribution in [-0.2, 0) is 9.53 Å². The van der Waals surface area contributed by atoms with Gasteiger partial charge in [-0.1, -0.05) is 20.8 Å². The van der Waals surface area contributed by atoms with Crippen molar-refractivity contribution in [3.63, 3.8) is 0 Å². The molecule has 1 aliphatic heterocycles. The monoisotopic (exact) mass is 172 g/mol. The number of hydrogen-bond donors (Lipinski definition) is 1. The van der Waals surface area contributed by atoms with Crippen LogP contribution in [0.1, 0.15) is 27.2 Å². The third-order valence-electron chi connectivity index (χ3n) is 2.31. The topological polar surface area (TPSA) is 46.5 Å². The van der Waals surface area contributed by atoms with Gasteiger partial charge in [-0.25, -0.2) is 0 Å². The zero-order valence-electron chi connectivity index (χ0n) is 7.83. The van der Waals surface area contributed by atoms with Crippen molar-refractivity contribution in [2.75, 3.05) is 6.61 Å². The lowest BCUT2D eigenvalue weighted by atomic mass is 9.85. The van der Waals surface area contributed by atoms with Crippen LogP contribution in [0.25, 0.3) is 0 Å². The minimum Gasteiger partial charge on any atom is -0.481 e. The van der Waals surface area contributed by atoms with Gasteiger partial charge in [-0.05, 0) is 11.8 Å². The second kappa shape index (κ2) is 3.05. The van der Waals surface area contributed by atoms with Crippen LogP contribution in [0.4, 0.5) is 0 Å². The fraction of sp³-hybridized carbons (Fsp3) is 0.889. The first-order valence-corrected chi connectivity index (χ1v) is 4.25. The summed E-state index contributed by atoms with van der Waals surface area (Å²) in [5.41, 5.74) is 0.0597. The maximum atomic E-state index is 10.6. The predicted octanol–water partition coefficient (Wildman–Crippen LogP) is 1.52. The molecule has 1 heterocycles. The zero-order valence-corrected chi connectivity index (χ0v) is 7.83. The maximum absolute atomic E-state index is 10.6. The molecule has 0 aromatic rings. The summed E-state index contributed by atoms with van der Waals surface area (Å²) in [4.78, 5) is 10.6. The van der Waals surface area contributed by atoms with E-state index in [-0.39, 0.29) is 17.4 Å². The molecule has 0 radical (unpaired) electrons. The highest BCUT2D eigenvalue weighted by atomic mass is 16.5. The van der Waals surface area contributed by atoms with Crippen LogP contribution in [0, 0.1) is 11.3 Å². The lowest BCUT2D eigenvalue weighted by Gasteiger charge is -2.25. The van der Waals surface area contributed by atoms with E-state index in [0.29, 0.717) is 13.0 Å². The van der Waals surface area contributed by atoms with Gasteiger partial charge in [0, 0.05) is 0 Å². The first-order chi connectivity index (χ1) is 5.41. The van der Waals surface area contributed by atoms with Crippen molar-refractivity contribution in [2.45, 2.75) is 33.3 Å². The molecule has 12 heavy (non-hydrogen) atoms. The summed E-state index contributed by atoms with van der Waals surface area (Å²) in [7, 11) is 0. The number of ether oxygens (including phenoxy) is 1. The lowest BCUT2D eigenvalue weighted by molar-refractivity contribution is -0.141. The Labute approximate surface area is 72.7 Å². The molecule has 1 fully saturated rings. The maximum Gasteiger partial charge on any atom is 0.308 e. The first-order valence-electron chi connectivity index (χ1n) is 4.25. The van der Waals surface area contributed by atoms with E-state index in [1.165, 1.54) is 0 Å². The molecule has 1 rings (SSSR count). The van der Waals surface area contributed by atoms with Crippen molar-refractivity contribution in [3.05, 3.63) is 0 Å². The summed E-state index contributed by atoms with van der Waals surface area (Å²) in [6.07, 6.45) is 0.748. The normalized spacial score (nSPS) is 30.6. The Morgan fingerprint density at radius 2 is 2.08 bits per heavy atom. The Morgan fingerprint density at radius 3 is 2.33 bits per heavy atom. The van der Waals surface area contributed by atoms with Crippen LogP contribution < -0.4 is 0 Å². The largest absolute Gasteiger partial charge is 0.481 e. The molecule has 70 valence electrons. The van der Waals surface area contributed by atoms with Gasteiger partial charge in [-0.3, -0.25) is 4.79 Å². The highest BCUT2D eigenvalue weighted by molar-refractivity contribution is 5.70. The number of aliphatic carboxylic acids is 1. The Kier molecular flexibility index (Phi) is 2.42. The SMILES string of the molecule is CC(C)(C)C1CC(C(=O)O)CO1. The van der Waals surface area contributed by atoms with Gasteiger partial charge >= 0.3 is 5.97 Å². The summed E-state index contributed by atoms with van der Waals surface area (Å²) >= 11 is 0. The van der Waals surface area contributed by atoms with E-state index in [1.807, 2.05) is 0 Å². The van der Waals surface area contributed by atoms with E-state index in [4.69, 9.17) is 9.84 Å². The molecule has 0 amide bonds. The van der Waals surface area contributed by atoms with Crippen molar-refractivity contribution < 1.29 is 14.6 Å². The Balaban J connectivity index is 2.51. The van der Waals surface area contributed by atoms with Crippen molar-refractivity contribution in [3.8, 4) is 0 Å². The molecule has 3 heteroatoms. The van der Waals surface area contributed by atoms with E-state index >= 15 is 0 Å². The fourth-order valence-electron chi connectivity index (χ4n) is 1.40. The van der Waals surface area contributed by atoms with Crippen molar-refractivity contribution in [2.24, 2.45) is 11.3 Å². The van der Waals surface area contributed by atoms with Crippen LogP contribution in [0.5, 0.6) is 0 Å². The van der Waals surface area contributed by atoms with Crippen molar-refractivity contribution in [1.82, 2.24) is 0 Å². The van der Waals surface area contributed by atoms with Crippen molar-refractivity contribution in [1.29, 1.82) is 0 Å². The first kappa shape index (κ1) is 9.52. The van der Waals surface area contributed by atoms with Gasteiger partial charge in [-0.15, -0.1) is 0 Å². The lowest BCUT2D eigenvalue weighted by Crippen LogP contribution is -2.25. The molecule has 0 aromatic heterocycles. The van der Waals surface area contributed by atoms with E-state index < -0.39 is 5.97 Å². The molecule has 2 unspecified atom stereocenters. The molecule has 0 bridgehead atoms. The zero-order chi connectivity index (χ0) is 9.35. The average molecular weight is 172 g/mol. The Morgan fingerprint density at radius 1 is 1.50 bits per heavy atom. The van der Waals surface area contributed by atoms with Gasteiger partial charge < -0.3 is 9.84 Å². The Hall–Kier alpha value is -0.570. The third-order valence-corrected chi connectivity index (χ3v) is 2.31. The summed E-state index contributed by atoms with van der Waals surface area (Å²) in [5.74, 6) is -1.03. The quantitative estimate of drug-likeness (QED) is 0.652. The van der Waals surface area contributed by atoms with Gasteiger partial charge in [0.25, 0.3) is 0 Å². The fourth-order valence-corrected chi connectivity index (χ4v) is 1.40. The standard InChI is InChI=1S/C9H16O3/c1-9(2,3)7-4-6(5-12-7)8(10)11/h6-7H,4-5H2,1-3H3,(H,10,11).